The van der Waals surface area contributed by atoms with E-state index in [0.29, 0.717) is 0 Å². The summed E-state index contributed by atoms with van der Waals surface area (Å²) < 4.78 is 0. The number of rotatable bonds is 0. The summed E-state index contributed by atoms with van der Waals surface area (Å²) in [6.07, 6.45) is 0. The van der Waals surface area contributed by atoms with E-state index in [9.17, 15) is 0 Å². The molecule has 0 amide bonds. The molecule has 42 valence electrons. The van der Waals surface area contributed by atoms with Crippen LogP contribution in [-0.4, -0.2) is 68.1 Å². The van der Waals surface area contributed by atoms with Crippen molar-refractivity contribution in [2.75, 3.05) is 0 Å². The fourth-order valence-corrected chi connectivity index (χ4v) is 0. The van der Waals surface area contributed by atoms with Gasteiger partial charge in [-0.25, -0.2) is 0 Å². The fraction of sp³-hybridized carbons (Fsp3) is 0. The third-order valence-electron chi connectivity index (χ3n) is 0. The third-order valence-corrected chi connectivity index (χ3v) is 0. The van der Waals surface area contributed by atoms with Crippen molar-refractivity contribution in [3.63, 3.8) is 0 Å². The molecule has 3 nitrogen and oxygen atoms in total. The van der Waals surface area contributed by atoms with Gasteiger partial charge in [-0.3, -0.25) is 0 Å². The van der Waals surface area contributed by atoms with Gasteiger partial charge in [-0.1, -0.05) is 0 Å². The van der Waals surface area contributed by atoms with Gasteiger partial charge in [0.25, 0.3) is 0 Å². The first-order chi connectivity index (χ1) is 0. The van der Waals surface area contributed by atoms with Gasteiger partial charge in [-0.2, -0.15) is 0 Å². The Morgan fingerprint density at radius 3 is 0.500 bits per heavy atom. The zero-order valence-electron chi connectivity index (χ0n) is 1.91. The van der Waals surface area contributed by atoms with Crippen LogP contribution in [0.2, 0.25) is 0 Å². The molecule has 0 heterocycles. The maximum atomic E-state index is 0. The second kappa shape index (κ2) is 54.6. The molecule has 0 aromatic rings. The SMILES string of the molecule is O.O.O.[InH3].[InH3].[Mo]. The Hall–Kier alpha value is 2.31. The zero-order valence-corrected chi connectivity index (χ0v) is 3.92. The van der Waals surface area contributed by atoms with Gasteiger partial charge in [0.15, 0.2) is 0 Å². The van der Waals surface area contributed by atoms with E-state index in [1.807, 2.05) is 0 Å². The van der Waals surface area contributed by atoms with Crippen molar-refractivity contribution in [2.45, 2.75) is 0 Å². The van der Waals surface area contributed by atoms with Crippen molar-refractivity contribution in [3.05, 3.63) is 0 Å². The van der Waals surface area contributed by atoms with Gasteiger partial charge in [0, 0.05) is 21.1 Å². The average Bonchev–Trinajstić information content (AvgIpc) is 0. The van der Waals surface area contributed by atoms with E-state index >= 15 is 0 Å². The van der Waals surface area contributed by atoms with Crippen molar-refractivity contribution >= 4 is 51.7 Å². The summed E-state index contributed by atoms with van der Waals surface area (Å²) in [6.45, 7) is 0. The van der Waals surface area contributed by atoms with Crippen molar-refractivity contribution in [1.82, 2.24) is 0 Å². The normalized spacial score (nSPS) is 0. The minimum Gasteiger partial charge on any atom is 0 e. The van der Waals surface area contributed by atoms with E-state index in [0.717, 1.165) is 0 Å². The van der Waals surface area contributed by atoms with Gasteiger partial charge in [-0.15, -0.1) is 0 Å². The standard InChI is InChI=1S/2In.Mo.3H2O.6H/h;;;3*1H2;;;;;;. The molecule has 0 aliphatic carbocycles. The van der Waals surface area contributed by atoms with Crippen molar-refractivity contribution in [3.8, 4) is 0 Å². The van der Waals surface area contributed by atoms with Crippen molar-refractivity contribution in [2.24, 2.45) is 0 Å². The topological polar surface area (TPSA) is 94.5 Å². The molecular formula is H12In2MoO3. The minimum absolute atomic E-state index is 0. The Kier molecular flexibility index (Phi) is 757. The Labute approximate surface area is 88.0 Å². The number of hydrogen-bond donors (Lipinski definition) is 0. The van der Waals surface area contributed by atoms with Crippen LogP contribution in [0.15, 0.2) is 0 Å². The van der Waals surface area contributed by atoms with Crippen LogP contribution in [0, 0.1) is 0 Å². The zero-order chi connectivity index (χ0) is 0. The van der Waals surface area contributed by atoms with E-state index < -0.39 is 0 Å². The van der Waals surface area contributed by atoms with Gasteiger partial charge < -0.3 is 16.4 Å². The quantitative estimate of drug-likeness (QED) is 0.374. The maximum Gasteiger partial charge on any atom is 0 e. The second-order valence-electron chi connectivity index (χ2n) is 0. The third kappa shape index (κ3) is 33.4. The molecule has 6 N–H and O–H groups in total. The van der Waals surface area contributed by atoms with Crippen molar-refractivity contribution < 1.29 is 37.5 Å². The van der Waals surface area contributed by atoms with Crippen LogP contribution in [0.4, 0.5) is 0 Å². The number of hydrogen-bond acceptors (Lipinski definition) is 0. The molecule has 0 unspecified atom stereocenters. The van der Waals surface area contributed by atoms with E-state index in [1.165, 1.54) is 0 Å². The smallest absolute Gasteiger partial charge is 0 e. The minimum atomic E-state index is 0. The van der Waals surface area contributed by atoms with Crippen LogP contribution in [0.5, 0.6) is 0 Å². The predicted molar refractivity (Wildman–Crippen MR) is 30.7 cm³/mol. The summed E-state index contributed by atoms with van der Waals surface area (Å²) in [4.78, 5) is 0. The van der Waals surface area contributed by atoms with Crippen LogP contribution in [0.3, 0.4) is 0 Å². The monoisotopic (exact) mass is 388 g/mol. The molecule has 0 spiro atoms. The fourth-order valence-electron chi connectivity index (χ4n) is 0. The van der Waals surface area contributed by atoms with Gasteiger partial charge in [0.05, 0.1) is 0 Å². The van der Waals surface area contributed by atoms with E-state index in [1.54, 1.807) is 0 Å². The molecule has 0 aliphatic heterocycles. The molecular weight excluding hydrogens is 374 g/mol. The first kappa shape index (κ1) is 83.3. The summed E-state index contributed by atoms with van der Waals surface area (Å²) in [5.74, 6) is 0. The van der Waals surface area contributed by atoms with E-state index in [2.05, 4.69) is 0 Å². The first-order valence-corrected chi connectivity index (χ1v) is 0. The van der Waals surface area contributed by atoms with Gasteiger partial charge in [0.1, 0.15) is 0 Å². The largest absolute Gasteiger partial charge is 0 e. The van der Waals surface area contributed by atoms with Gasteiger partial charge in [0.2, 0.25) is 0 Å². The molecule has 0 fully saturated rings. The predicted octanol–water partition coefficient (Wildman–Crippen LogP) is -4.84. The summed E-state index contributed by atoms with van der Waals surface area (Å²) in [5, 5.41) is 0. The van der Waals surface area contributed by atoms with Crippen LogP contribution >= 0.6 is 0 Å². The first-order valence-electron chi connectivity index (χ1n) is 0. The maximum absolute atomic E-state index is 0. The van der Waals surface area contributed by atoms with Gasteiger partial charge in [-0.05, 0) is 0 Å². The average molecular weight is 386 g/mol. The van der Waals surface area contributed by atoms with Crippen LogP contribution in [0.1, 0.15) is 0 Å². The Balaban J connectivity index is 0. The molecule has 0 bridgehead atoms. The molecule has 0 saturated heterocycles. The molecule has 6 heavy (non-hydrogen) atoms. The molecule has 0 aromatic carbocycles. The summed E-state index contributed by atoms with van der Waals surface area (Å²) in [5.41, 5.74) is 0. The second-order valence-corrected chi connectivity index (χ2v) is 0. The Morgan fingerprint density at radius 2 is 0.500 bits per heavy atom. The molecule has 0 aromatic heterocycles. The summed E-state index contributed by atoms with van der Waals surface area (Å²) in [6, 6.07) is 0. The Morgan fingerprint density at radius 1 is 0.500 bits per heavy atom. The molecule has 6 heteroatoms. The molecule has 0 atom stereocenters. The van der Waals surface area contributed by atoms with Crippen LogP contribution in [-0.2, 0) is 21.1 Å². The molecule has 0 saturated carbocycles. The molecule has 0 radical (unpaired) electrons. The Bertz CT molecular complexity index is 8.75. The summed E-state index contributed by atoms with van der Waals surface area (Å²) >= 11 is 0. The molecule has 0 aliphatic rings. The van der Waals surface area contributed by atoms with Crippen LogP contribution < -0.4 is 0 Å². The van der Waals surface area contributed by atoms with E-state index in [-0.39, 0.29) is 89.2 Å². The van der Waals surface area contributed by atoms with Crippen LogP contribution in [0.25, 0.3) is 0 Å². The van der Waals surface area contributed by atoms with Gasteiger partial charge >= 0.3 is 51.7 Å². The summed E-state index contributed by atoms with van der Waals surface area (Å²) in [7, 11) is 0. The van der Waals surface area contributed by atoms with Crippen molar-refractivity contribution in [1.29, 1.82) is 0 Å². The molecule has 0 rings (SSSR count). The van der Waals surface area contributed by atoms with E-state index in [4.69, 9.17) is 0 Å².